The molecule has 0 saturated carbocycles. The summed E-state index contributed by atoms with van der Waals surface area (Å²) >= 11 is 1.11. The molecule has 0 spiro atoms. The van der Waals surface area contributed by atoms with Gasteiger partial charge in [-0.2, -0.15) is 5.26 Å². The fourth-order valence-electron chi connectivity index (χ4n) is 3.51. The van der Waals surface area contributed by atoms with Crippen molar-refractivity contribution in [2.45, 2.75) is 16.4 Å². The number of nitrogens with zero attached hydrogens (tertiary/aromatic N) is 5. The van der Waals surface area contributed by atoms with Gasteiger partial charge in [-0.15, -0.1) is 11.3 Å². The maximum Gasteiger partial charge on any atom is 0.209 e. The average Bonchev–Trinajstić information content (AvgIpc) is 3.30. The third-order valence-corrected chi connectivity index (χ3v) is 8.44. The summed E-state index contributed by atoms with van der Waals surface area (Å²) in [7, 11) is -3.89. The Morgan fingerprint density at radius 3 is 2.38 bits per heavy atom. The first-order chi connectivity index (χ1) is 14.0. The summed E-state index contributed by atoms with van der Waals surface area (Å²) in [5.74, 6) is 0.492. The summed E-state index contributed by atoms with van der Waals surface area (Å²) in [5.41, 5.74) is 1.49. The lowest BCUT2D eigenvalue weighted by atomic mass is 10.2. The van der Waals surface area contributed by atoms with Gasteiger partial charge in [0.15, 0.2) is 11.1 Å². The zero-order valence-corrected chi connectivity index (χ0v) is 17.7. The number of sulfone groups is 1. The zero-order valence-electron chi connectivity index (χ0n) is 16.0. The molecule has 3 heterocycles. The molecule has 0 bridgehead atoms. The fourth-order valence-corrected chi connectivity index (χ4v) is 6.04. The molecule has 0 aliphatic carbocycles. The number of hydrogen-bond donors (Lipinski definition) is 0. The monoisotopic (exact) mass is 427 g/mol. The van der Waals surface area contributed by atoms with Crippen LogP contribution >= 0.6 is 11.3 Å². The third kappa shape index (κ3) is 3.71. The van der Waals surface area contributed by atoms with E-state index in [4.69, 9.17) is 4.98 Å². The second-order valence-electron chi connectivity index (χ2n) is 6.83. The second kappa shape index (κ2) is 8.06. The van der Waals surface area contributed by atoms with Crippen molar-refractivity contribution in [3.05, 3.63) is 47.5 Å². The van der Waals surface area contributed by atoms with Crippen LogP contribution in [0, 0.1) is 11.3 Å². The van der Waals surface area contributed by atoms with Gasteiger partial charge < -0.3 is 9.80 Å². The number of para-hydroxylation sites is 2. The van der Waals surface area contributed by atoms with Gasteiger partial charge in [0, 0.05) is 26.2 Å². The molecule has 0 amide bonds. The predicted molar refractivity (Wildman–Crippen MR) is 114 cm³/mol. The summed E-state index contributed by atoms with van der Waals surface area (Å²) in [6.45, 7) is 6.24. The summed E-state index contributed by atoms with van der Waals surface area (Å²) in [6, 6.07) is 12.5. The first-order valence-corrected chi connectivity index (χ1v) is 11.9. The maximum absolute atomic E-state index is 13.2. The highest BCUT2D eigenvalue weighted by atomic mass is 32.2. The second-order valence-corrected chi connectivity index (χ2v) is 10.0. The standard InChI is InChI=1S/C20H21N5O2S2/c1-2-24-9-11-25(12-10-24)20-19(22-15-6-3-4-7-16(15)23-20)17(14-21)29(26,27)18-8-5-13-28-18/h3-8,13,17H,2,9-12H2,1H3/t17-/m1/s1. The molecule has 1 aromatic carbocycles. The van der Waals surface area contributed by atoms with E-state index in [9.17, 15) is 13.7 Å². The van der Waals surface area contributed by atoms with Crippen LogP contribution in [0.4, 0.5) is 5.82 Å². The molecule has 1 saturated heterocycles. The zero-order chi connectivity index (χ0) is 20.4. The van der Waals surface area contributed by atoms with Gasteiger partial charge in [-0.05, 0) is 30.1 Å². The van der Waals surface area contributed by atoms with Crippen molar-refractivity contribution < 1.29 is 8.42 Å². The number of benzene rings is 1. The smallest absolute Gasteiger partial charge is 0.209 e. The van der Waals surface area contributed by atoms with Crippen LogP contribution in [0.15, 0.2) is 46.0 Å². The highest BCUT2D eigenvalue weighted by Crippen LogP contribution is 2.35. The molecule has 0 unspecified atom stereocenters. The number of piperazine rings is 1. The maximum atomic E-state index is 13.2. The number of nitriles is 1. The van der Waals surface area contributed by atoms with E-state index in [0.717, 1.165) is 31.0 Å². The number of fused-ring (bicyclic) bond motifs is 1. The summed E-state index contributed by atoms with van der Waals surface area (Å²) in [5, 5.41) is 10.2. The normalized spacial score (nSPS) is 16.6. The van der Waals surface area contributed by atoms with Crippen molar-refractivity contribution >= 4 is 38.0 Å². The van der Waals surface area contributed by atoms with Crippen molar-refractivity contribution in [3.8, 4) is 6.07 Å². The summed E-state index contributed by atoms with van der Waals surface area (Å²) in [4.78, 5) is 13.7. The molecule has 1 aliphatic heterocycles. The molecule has 0 N–H and O–H groups in total. The van der Waals surface area contributed by atoms with E-state index in [1.165, 1.54) is 6.07 Å². The Bertz CT molecular complexity index is 1150. The molecular weight excluding hydrogens is 406 g/mol. The van der Waals surface area contributed by atoms with Crippen LogP contribution in [-0.2, 0) is 9.84 Å². The number of thiophene rings is 1. The van der Waals surface area contributed by atoms with Gasteiger partial charge >= 0.3 is 0 Å². The van der Waals surface area contributed by atoms with Gasteiger partial charge in [-0.25, -0.2) is 18.4 Å². The van der Waals surface area contributed by atoms with Crippen molar-refractivity contribution in [1.82, 2.24) is 14.9 Å². The molecule has 150 valence electrons. The lowest BCUT2D eigenvalue weighted by Crippen LogP contribution is -2.47. The van der Waals surface area contributed by atoms with Crippen LogP contribution in [-0.4, -0.2) is 56.0 Å². The molecule has 4 rings (SSSR count). The van der Waals surface area contributed by atoms with Crippen molar-refractivity contribution in [2.75, 3.05) is 37.6 Å². The molecule has 29 heavy (non-hydrogen) atoms. The molecule has 0 radical (unpaired) electrons. The number of likely N-dealkylation sites (N-methyl/N-ethyl adjacent to an activating group) is 1. The molecule has 9 heteroatoms. The Morgan fingerprint density at radius 2 is 1.79 bits per heavy atom. The molecule has 7 nitrogen and oxygen atoms in total. The largest absolute Gasteiger partial charge is 0.352 e. The lowest BCUT2D eigenvalue weighted by molar-refractivity contribution is 0.270. The van der Waals surface area contributed by atoms with Crippen LogP contribution in [0.2, 0.25) is 0 Å². The van der Waals surface area contributed by atoms with Gasteiger partial charge in [-0.3, -0.25) is 0 Å². The van der Waals surface area contributed by atoms with E-state index >= 15 is 0 Å². The molecule has 2 aromatic heterocycles. The van der Waals surface area contributed by atoms with Crippen molar-refractivity contribution in [2.24, 2.45) is 0 Å². The van der Waals surface area contributed by atoms with Crippen molar-refractivity contribution in [1.29, 1.82) is 5.26 Å². The molecule has 1 fully saturated rings. The van der Waals surface area contributed by atoms with E-state index in [2.05, 4.69) is 21.7 Å². The third-order valence-electron chi connectivity index (χ3n) is 5.15. The summed E-state index contributed by atoms with van der Waals surface area (Å²) in [6.07, 6.45) is 0. The van der Waals surface area contributed by atoms with E-state index in [-0.39, 0.29) is 9.90 Å². The van der Waals surface area contributed by atoms with Gasteiger partial charge in [-0.1, -0.05) is 25.1 Å². The fraction of sp³-hybridized carbons (Fsp3) is 0.350. The Morgan fingerprint density at radius 1 is 1.10 bits per heavy atom. The van der Waals surface area contributed by atoms with E-state index in [1.54, 1.807) is 17.5 Å². The lowest BCUT2D eigenvalue weighted by Gasteiger charge is -2.35. The summed E-state index contributed by atoms with van der Waals surface area (Å²) < 4.78 is 26.5. The van der Waals surface area contributed by atoms with E-state index < -0.39 is 15.1 Å². The number of anilines is 1. The van der Waals surface area contributed by atoms with Gasteiger partial charge in [0.2, 0.25) is 9.84 Å². The number of rotatable bonds is 5. The molecular formula is C20H21N5O2S2. The first-order valence-electron chi connectivity index (χ1n) is 9.45. The minimum atomic E-state index is -3.89. The highest BCUT2D eigenvalue weighted by molar-refractivity contribution is 7.93. The van der Waals surface area contributed by atoms with Gasteiger partial charge in [0.05, 0.1) is 17.1 Å². The molecule has 3 aromatic rings. The Kier molecular flexibility index (Phi) is 5.50. The Hall–Kier alpha value is -2.54. The molecule has 1 atom stereocenters. The van der Waals surface area contributed by atoms with E-state index in [1.807, 2.05) is 24.3 Å². The predicted octanol–water partition coefficient (Wildman–Crippen LogP) is 2.87. The highest BCUT2D eigenvalue weighted by Gasteiger charge is 2.36. The number of aromatic nitrogens is 2. The Balaban J connectivity index is 1.85. The topological polar surface area (TPSA) is 90.2 Å². The van der Waals surface area contributed by atoms with Crippen molar-refractivity contribution in [3.63, 3.8) is 0 Å². The number of hydrogen-bond acceptors (Lipinski definition) is 8. The van der Waals surface area contributed by atoms with Gasteiger partial charge in [0.1, 0.15) is 9.90 Å². The van der Waals surface area contributed by atoms with Crippen LogP contribution in [0.1, 0.15) is 17.9 Å². The van der Waals surface area contributed by atoms with Crippen LogP contribution < -0.4 is 4.90 Å². The van der Waals surface area contributed by atoms with E-state index in [0.29, 0.717) is 29.9 Å². The molecule has 1 aliphatic rings. The van der Waals surface area contributed by atoms with Gasteiger partial charge in [0.25, 0.3) is 0 Å². The Labute approximate surface area is 174 Å². The first kappa shape index (κ1) is 19.8. The minimum Gasteiger partial charge on any atom is -0.352 e. The van der Waals surface area contributed by atoms with Crippen LogP contribution in [0.5, 0.6) is 0 Å². The van der Waals surface area contributed by atoms with Crippen LogP contribution in [0.3, 0.4) is 0 Å². The quantitative estimate of drug-likeness (QED) is 0.618. The minimum absolute atomic E-state index is 0.167. The average molecular weight is 428 g/mol. The SMILES string of the molecule is CCN1CCN(c2nc3ccccc3nc2[C@@H](C#N)S(=O)(=O)c2cccs2)CC1. The van der Waals surface area contributed by atoms with Crippen LogP contribution in [0.25, 0.3) is 11.0 Å².